The molecule has 32 heavy (non-hydrogen) atoms. The number of ketones is 1. The van der Waals surface area contributed by atoms with E-state index in [1.54, 1.807) is 12.1 Å². The number of sulfonamides is 1. The van der Waals surface area contributed by atoms with E-state index in [9.17, 15) is 18.0 Å². The maximum atomic E-state index is 13.1. The molecule has 174 valence electrons. The van der Waals surface area contributed by atoms with Gasteiger partial charge < -0.3 is 10.1 Å². The zero-order valence-electron chi connectivity index (χ0n) is 18.5. The lowest BCUT2D eigenvalue weighted by molar-refractivity contribution is -0.116. The van der Waals surface area contributed by atoms with Crippen molar-refractivity contribution in [1.29, 1.82) is 0 Å². The fourth-order valence-corrected chi connectivity index (χ4v) is 5.80. The highest BCUT2D eigenvalue weighted by Gasteiger charge is 2.27. The molecular formula is C23H30N2O5S2. The van der Waals surface area contributed by atoms with E-state index >= 15 is 0 Å². The molecule has 0 saturated carbocycles. The average molecular weight is 479 g/mol. The van der Waals surface area contributed by atoms with Gasteiger partial charge in [0, 0.05) is 25.9 Å². The van der Waals surface area contributed by atoms with Crippen LogP contribution in [-0.2, 0) is 14.8 Å². The third-order valence-electron chi connectivity index (χ3n) is 5.14. The van der Waals surface area contributed by atoms with Crippen molar-refractivity contribution in [2.45, 2.75) is 63.4 Å². The maximum Gasteiger partial charge on any atom is 0.243 e. The first-order valence-electron chi connectivity index (χ1n) is 10.9. The number of benzene rings is 1. The molecule has 0 bridgehead atoms. The highest BCUT2D eigenvalue weighted by Crippen LogP contribution is 2.31. The minimum atomic E-state index is -3.64. The predicted octanol–water partition coefficient (Wildman–Crippen LogP) is 4.70. The summed E-state index contributed by atoms with van der Waals surface area (Å²) < 4.78 is 33.4. The molecule has 0 unspecified atom stereocenters. The van der Waals surface area contributed by atoms with Crippen LogP contribution in [0.1, 0.15) is 62.0 Å². The molecule has 0 atom stereocenters. The van der Waals surface area contributed by atoms with Gasteiger partial charge in [0.05, 0.1) is 21.6 Å². The van der Waals surface area contributed by atoms with E-state index in [1.165, 1.54) is 27.8 Å². The molecule has 0 radical (unpaired) electrons. The molecule has 1 aromatic carbocycles. The van der Waals surface area contributed by atoms with Crippen LogP contribution in [0.15, 0.2) is 40.6 Å². The zero-order chi connectivity index (χ0) is 23.1. The summed E-state index contributed by atoms with van der Waals surface area (Å²) >= 11 is 1.39. The predicted molar refractivity (Wildman–Crippen MR) is 126 cm³/mol. The molecule has 7 nitrogen and oxygen atoms in total. The van der Waals surface area contributed by atoms with Crippen molar-refractivity contribution < 1.29 is 22.7 Å². The Morgan fingerprint density at radius 2 is 1.88 bits per heavy atom. The number of amides is 1. The maximum absolute atomic E-state index is 13.1. The molecule has 1 aromatic heterocycles. The molecule has 2 aromatic rings. The number of anilines is 1. The minimum Gasteiger partial charge on any atom is -0.489 e. The molecule has 1 aliphatic heterocycles. The van der Waals surface area contributed by atoms with Crippen molar-refractivity contribution in [2.75, 3.05) is 18.4 Å². The van der Waals surface area contributed by atoms with Crippen LogP contribution < -0.4 is 10.1 Å². The summed E-state index contributed by atoms with van der Waals surface area (Å²) in [5.41, 5.74) is 0.325. The first-order valence-corrected chi connectivity index (χ1v) is 13.3. The van der Waals surface area contributed by atoms with Gasteiger partial charge in [-0.2, -0.15) is 4.31 Å². The summed E-state index contributed by atoms with van der Waals surface area (Å²) in [6.07, 6.45) is 3.44. The van der Waals surface area contributed by atoms with Gasteiger partial charge in [0.15, 0.2) is 5.78 Å². The highest BCUT2D eigenvalue weighted by atomic mass is 32.2. The number of rotatable bonds is 10. The number of carbonyl (C=O) groups is 2. The number of Topliss-reactive ketones (excluding diaryl/α,β-unsaturated/α-hetero) is 1. The summed E-state index contributed by atoms with van der Waals surface area (Å²) in [5, 5.41) is 4.63. The van der Waals surface area contributed by atoms with Crippen LogP contribution in [0.5, 0.6) is 5.75 Å². The van der Waals surface area contributed by atoms with E-state index in [0.29, 0.717) is 35.8 Å². The average Bonchev–Trinajstić information content (AvgIpc) is 3.30. The largest absolute Gasteiger partial charge is 0.489 e. The van der Waals surface area contributed by atoms with Crippen molar-refractivity contribution in [3.8, 4) is 5.75 Å². The topological polar surface area (TPSA) is 92.8 Å². The Kier molecular flexibility index (Phi) is 8.44. The third-order valence-corrected chi connectivity index (χ3v) is 7.95. The summed E-state index contributed by atoms with van der Waals surface area (Å²) in [5.74, 6) is 0.150. The number of nitrogens with zero attached hydrogens (tertiary/aromatic N) is 1. The number of piperidine rings is 1. The third kappa shape index (κ3) is 6.40. The van der Waals surface area contributed by atoms with Crippen molar-refractivity contribution >= 4 is 38.7 Å². The highest BCUT2D eigenvalue weighted by molar-refractivity contribution is 7.89. The Morgan fingerprint density at radius 3 is 2.53 bits per heavy atom. The van der Waals surface area contributed by atoms with Gasteiger partial charge in [-0.1, -0.05) is 12.5 Å². The lowest BCUT2D eigenvalue weighted by atomic mass is 10.1. The van der Waals surface area contributed by atoms with Gasteiger partial charge in [-0.25, -0.2) is 8.42 Å². The van der Waals surface area contributed by atoms with Gasteiger partial charge >= 0.3 is 0 Å². The molecule has 9 heteroatoms. The van der Waals surface area contributed by atoms with Gasteiger partial charge in [-0.15, -0.1) is 11.3 Å². The number of nitrogens with one attached hydrogen (secondary N) is 1. The smallest absolute Gasteiger partial charge is 0.243 e. The van der Waals surface area contributed by atoms with E-state index in [2.05, 4.69) is 5.32 Å². The van der Waals surface area contributed by atoms with Crippen molar-refractivity contribution in [1.82, 2.24) is 4.31 Å². The SMILES string of the molecule is CC(C)Oc1ccc(S(=O)(=O)N2CCCCC2)cc1NC(=O)CCCC(=O)c1cccs1. The number of ether oxygens (including phenoxy) is 1. The van der Waals surface area contributed by atoms with Crippen LogP contribution in [0, 0.1) is 0 Å². The first-order chi connectivity index (χ1) is 15.3. The van der Waals surface area contributed by atoms with Crippen molar-refractivity contribution in [3.63, 3.8) is 0 Å². The zero-order valence-corrected chi connectivity index (χ0v) is 20.1. The molecule has 0 spiro atoms. The Morgan fingerprint density at radius 1 is 1.12 bits per heavy atom. The monoisotopic (exact) mass is 478 g/mol. The molecule has 2 heterocycles. The number of hydrogen-bond acceptors (Lipinski definition) is 6. The second-order valence-corrected chi connectivity index (χ2v) is 11.0. The minimum absolute atomic E-state index is 0.0197. The van der Waals surface area contributed by atoms with Crippen LogP contribution in [0.25, 0.3) is 0 Å². The summed E-state index contributed by atoms with van der Waals surface area (Å²) in [6.45, 7) is 4.74. The lowest BCUT2D eigenvalue weighted by Crippen LogP contribution is -2.35. The molecular weight excluding hydrogens is 448 g/mol. The second kappa shape index (κ2) is 11.1. The molecule has 1 N–H and O–H groups in total. The van der Waals surface area contributed by atoms with Gasteiger partial charge in [0.1, 0.15) is 5.75 Å². The van der Waals surface area contributed by atoms with Crippen molar-refractivity contribution in [3.05, 3.63) is 40.6 Å². The molecule has 0 aliphatic carbocycles. The van der Waals surface area contributed by atoms with Crippen LogP contribution in [0.2, 0.25) is 0 Å². The molecule has 1 fully saturated rings. The van der Waals surface area contributed by atoms with E-state index in [-0.39, 0.29) is 35.5 Å². The van der Waals surface area contributed by atoms with Gasteiger partial charge in [0.25, 0.3) is 0 Å². The van der Waals surface area contributed by atoms with Crippen LogP contribution in [-0.4, -0.2) is 43.6 Å². The normalized spacial score (nSPS) is 15.0. The number of carbonyl (C=O) groups excluding carboxylic acids is 2. The quantitative estimate of drug-likeness (QED) is 0.500. The Labute approximate surface area is 193 Å². The van der Waals surface area contributed by atoms with E-state index in [0.717, 1.165) is 19.3 Å². The molecule has 1 aliphatic rings. The number of hydrogen-bond donors (Lipinski definition) is 1. The standard InChI is InChI=1S/C23H30N2O5S2/c1-17(2)30-21-12-11-18(32(28,29)25-13-4-3-5-14-25)16-19(21)24-23(27)10-6-8-20(26)22-9-7-15-31-22/h7,9,11-12,15-17H,3-6,8,10,13-14H2,1-2H3,(H,24,27). The Hall–Kier alpha value is -2.23. The number of thiophene rings is 1. The molecule has 1 amide bonds. The van der Waals surface area contributed by atoms with Gasteiger partial charge in [-0.3, -0.25) is 9.59 Å². The Balaban J connectivity index is 1.70. The molecule has 1 saturated heterocycles. The molecule has 3 rings (SSSR count). The van der Waals surface area contributed by atoms with Crippen LogP contribution in [0.3, 0.4) is 0 Å². The Bertz CT molecular complexity index is 1030. The van der Waals surface area contributed by atoms with Crippen LogP contribution in [0.4, 0.5) is 5.69 Å². The van der Waals surface area contributed by atoms with E-state index in [4.69, 9.17) is 4.74 Å². The van der Waals surface area contributed by atoms with E-state index < -0.39 is 10.0 Å². The van der Waals surface area contributed by atoms with Crippen molar-refractivity contribution in [2.24, 2.45) is 0 Å². The fourth-order valence-electron chi connectivity index (χ4n) is 3.56. The summed E-state index contributed by atoms with van der Waals surface area (Å²) in [4.78, 5) is 25.5. The van der Waals surface area contributed by atoms with Crippen LogP contribution >= 0.6 is 11.3 Å². The fraction of sp³-hybridized carbons (Fsp3) is 0.478. The summed E-state index contributed by atoms with van der Waals surface area (Å²) in [6, 6.07) is 8.18. The second-order valence-electron chi connectivity index (χ2n) is 8.09. The van der Waals surface area contributed by atoms with Gasteiger partial charge in [-0.05, 0) is 62.8 Å². The first kappa shape index (κ1) is 24.4. The lowest BCUT2D eigenvalue weighted by Gasteiger charge is -2.26. The van der Waals surface area contributed by atoms with Gasteiger partial charge in [0.2, 0.25) is 15.9 Å². The summed E-state index contributed by atoms with van der Waals surface area (Å²) in [7, 11) is -3.64. The van der Waals surface area contributed by atoms with E-state index in [1.807, 2.05) is 25.3 Å².